The van der Waals surface area contributed by atoms with Gasteiger partial charge in [-0.2, -0.15) is 0 Å². The Morgan fingerprint density at radius 2 is 2.36 bits per heavy atom. The third-order valence-corrected chi connectivity index (χ3v) is 1.50. The van der Waals surface area contributed by atoms with E-state index in [-0.39, 0.29) is 30.5 Å². The van der Waals surface area contributed by atoms with E-state index < -0.39 is 4.92 Å². The van der Waals surface area contributed by atoms with E-state index in [2.05, 4.69) is 10.3 Å². The van der Waals surface area contributed by atoms with E-state index in [0.717, 1.165) is 0 Å². The van der Waals surface area contributed by atoms with Crippen molar-refractivity contribution < 1.29 is 10.0 Å². The number of rotatable bonds is 4. The lowest BCUT2D eigenvalue weighted by molar-refractivity contribution is -0.388. The van der Waals surface area contributed by atoms with E-state index in [1.54, 1.807) is 0 Å². The summed E-state index contributed by atoms with van der Waals surface area (Å²) >= 11 is 0. The number of pyridine rings is 1. The van der Waals surface area contributed by atoms with Crippen LogP contribution in [0, 0.1) is 10.1 Å². The van der Waals surface area contributed by atoms with Gasteiger partial charge in [0.2, 0.25) is 5.82 Å². The molecule has 1 aromatic rings. The van der Waals surface area contributed by atoms with E-state index in [1.165, 1.54) is 12.1 Å². The highest BCUT2D eigenvalue weighted by atomic mass is 16.6. The van der Waals surface area contributed by atoms with Gasteiger partial charge in [-0.15, -0.1) is 0 Å². The average Bonchev–Trinajstić information content (AvgIpc) is 2.15. The highest BCUT2D eigenvalue weighted by molar-refractivity contribution is 5.60. The highest BCUT2D eigenvalue weighted by Crippen LogP contribution is 2.22. The van der Waals surface area contributed by atoms with Crippen LogP contribution in [0.5, 0.6) is 0 Å². The van der Waals surface area contributed by atoms with Crippen LogP contribution in [0.15, 0.2) is 12.1 Å². The summed E-state index contributed by atoms with van der Waals surface area (Å²) in [5.74, 6) is -0.246. The summed E-state index contributed by atoms with van der Waals surface area (Å²) in [6.07, 6.45) is 0. The van der Waals surface area contributed by atoms with Crippen LogP contribution in [-0.4, -0.2) is 28.2 Å². The first-order chi connectivity index (χ1) is 6.65. The van der Waals surface area contributed by atoms with E-state index >= 15 is 0 Å². The molecule has 1 aromatic heterocycles. The second-order valence-electron chi connectivity index (χ2n) is 2.51. The fourth-order valence-corrected chi connectivity index (χ4v) is 0.931. The Kier molecular flexibility index (Phi) is 3.19. The van der Waals surface area contributed by atoms with Gasteiger partial charge in [0.15, 0.2) is 0 Å². The summed E-state index contributed by atoms with van der Waals surface area (Å²) in [4.78, 5) is 13.5. The zero-order valence-electron chi connectivity index (χ0n) is 7.30. The van der Waals surface area contributed by atoms with Crippen LogP contribution < -0.4 is 11.1 Å². The number of aromatic nitrogens is 1. The molecule has 0 aromatic carbocycles. The van der Waals surface area contributed by atoms with Crippen molar-refractivity contribution >= 4 is 17.3 Å². The summed E-state index contributed by atoms with van der Waals surface area (Å²) in [6, 6.07) is 2.91. The molecule has 0 atom stereocenters. The molecule has 76 valence electrons. The van der Waals surface area contributed by atoms with Crippen LogP contribution in [0.3, 0.4) is 0 Å². The molecule has 0 radical (unpaired) electrons. The maximum atomic E-state index is 10.5. The summed E-state index contributed by atoms with van der Waals surface area (Å²) in [5, 5.41) is 21.7. The Labute approximate surface area is 79.7 Å². The molecule has 0 aliphatic carbocycles. The zero-order valence-corrected chi connectivity index (χ0v) is 7.30. The second kappa shape index (κ2) is 4.38. The van der Waals surface area contributed by atoms with Crippen LogP contribution >= 0.6 is 0 Å². The fraction of sp³-hybridized carbons (Fsp3) is 0.286. The molecular weight excluding hydrogens is 188 g/mol. The first kappa shape index (κ1) is 10.2. The molecule has 0 spiro atoms. The predicted molar refractivity (Wildman–Crippen MR) is 50.9 cm³/mol. The maximum absolute atomic E-state index is 10.5. The lowest BCUT2D eigenvalue weighted by atomic mass is 10.3. The molecule has 4 N–H and O–H groups in total. The number of nitrogens with zero attached hydrogens (tertiary/aromatic N) is 2. The van der Waals surface area contributed by atoms with E-state index in [0.29, 0.717) is 0 Å². The number of anilines is 2. The third kappa shape index (κ3) is 2.30. The van der Waals surface area contributed by atoms with Gasteiger partial charge in [0.1, 0.15) is 5.69 Å². The number of aliphatic hydroxyl groups excluding tert-OH is 1. The standard InChI is InChI=1S/C7H10N4O3/c8-6-2-1-5(9-3-4-12)7(10-6)11(13)14/h1-2,9,12H,3-4H2,(H2,8,10). The summed E-state index contributed by atoms with van der Waals surface area (Å²) in [7, 11) is 0. The van der Waals surface area contributed by atoms with Gasteiger partial charge in [-0.25, -0.2) is 0 Å². The molecule has 0 saturated heterocycles. The largest absolute Gasteiger partial charge is 0.395 e. The smallest absolute Gasteiger partial charge is 0.389 e. The van der Waals surface area contributed by atoms with E-state index in [1.807, 2.05) is 0 Å². The quantitative estimate of drug-likeness (QED) is 0.462. The third-order valence-electron chi connectivity index (χ3n) is 1.50. The van der Waals surface area contributed by atoms with Gasteiger partial charge in [0.25, 0.3) is 0 Å². The van der Waals surface area contributed by atoms with Crippen molar-refractivity contribution in [1.82, 2.24) is 4.98 Å². The summed E-state index contributed by atoms with van der Waals surface area (Å²) < 4.78 is 0. The lowest BCUT2D eigenvalue weighted by Crippen LogP contribution is -2.09. The van der Waals surface area contributed by atoms with Gasteiger partial charge in [-0.3, -0.25) is 0 Å². The van der Waals surface area contributed by atoms with Crippen LogP contribution in [0.4, 0.5) is 17.3 Å². The maximum Gasteiger partial charge on any atom is 0.389 e. The van der Waals surface area contributed by atoms with Crippen molar-refractivity contribution in [1.29, 1.82) is 0 Å². The minimum absolute atomic E-state index is 0.0891. The lowest BCUT2D eigenvalue weighted by Gasteiger charge is -2.04. The SMILES string of the molecule is Nc1ccc(NCCO)c([N+](=O)[O-])n1. The minimum atomic E-state index is -0.629. The van der Waals surface area contributed by atoms with Gasteiger partial charge in [0, 0.05) is 12.6 Å². The molecule has 7 heteroatoms. The molecule has 0 unspecified atom stereocenters. The van der Waals surface area contributed by atoms with Crippen molar-refractivity contribution in [2.24, 2.45) is 0 Å². The fourth-order valence-electron chi connectivity index (χ4n) is 0.931. The van der Waals surface area contributed by atoms with Crippen LogP contribution in [0.2, 0.25) is 0 Å². The van der Waals surface area contributed by atoms with Crippen molar-refractivity contribution in [3.05, 3.63) is 22.2 Å². The number of nitro groups is 1. The van der Waals surface area contributed by atoms with Crippen molar-refractivity contribution in [2.75, 3.05) is 24.2 Å². The van der Waals surface area contributed by atoms with Crippen molar-refractivity contribution in [3.8, 4) is 0 Å². The monoisotopic (exact) mass is 198 g/mol. The molecule has 0 saturated carbocycles. The molecular formula is C7H10N4O3. The van der Waals surface area contributed by atoms with Gasteiger partial charge >= 0.3 is 5.82 Å². The molecule has 14 heavy (non-hydrogen) atoms. The average molecular weight is 198 g/mol. The molecule has 0 fully saturated rings. The Bertz CT molecular complexity index is 342. The normalized spacial score (nSPS) is 9.79. The highest BCUT2D eigenvalue weighted by Gasteiger charge is 2.15. The first-order valence-electron chi connectivity index (χ1n) is 3.91. The Morgan fingerprint density at radius 1 is 1.64 bits per heavy atom. The number of nitrogens with two attached hydrogens (primary N) is 1. The van der Waals surface area contributed by atoms with Crippen LogP contribution in [0.1, 0.15) is 0 Å². The van der Waals surface area contributed by atoms with Gasteiger partial charge < -0.3 is 26.3 Å². The molecule has 0 aliphatic heterocycles. The van der Waals surface area contributed by atoms with Gasteiger partial charge in [0.05, 0.1) is 6.61 Å². The second-order valence-corrected chi connectivity index (χ2v) is 2.51. The topological polar surface area (TPSA) is 114 Å². The number of hydrogen-bond acceptors (Lipinski definition) is 6. The number of aliphatic hydroxyl groups is 1. The van der Waals surface area contributed by atoms with E-state index in [9.17, 15) is 10.1 Å². The predicted octanol–water partition coefficient (Wildman–Crippen LogP) is -0.0238. The summed E-state index contributed by atoms with van der Waals surface area (Å²) in [6.45, 7) is 0.119. The Balaban J connectivity index is 2.96. The van der Waals surface area contributed by atoms with Gasteiger partial charge in [-0.05, 0) is 16.0 Å². The zero-order chi connectivity index (χ0) is 10.6. The molecule has 0 amide bonds. The molecule has 1 rings (SSSR count). The summed E-state index contributed by atoms with van der Waals surface area (Å²) in [5.41, 5.74) is 5.55. The number of nitrogens with one attached hydrogen (secondary N) is 1. The number of hydrogen-bond donors (Lipinski definition) is 3. The molecule has 1 heterocycles. The minimum Gasteiger partial charge on any atom is -0.395 e. The van der Waals surface area contributed by atoms with Gasteiger partial charge in [-0.1, -0.05) is 0 Å². The molecule has 7 nitrogen and oxygen atoms in total. The van der Waals surface area contributed by atoms with Crippen molar-refractivity contribution in [3.63, 3.8) is 0 Å². The van der Waals surface area contributed by atoms with Crippen LogP contribution in [0.25, 0.3) is 0 Å². The Morgan fingerprint density at radius 3 is 2.93 bits per heavy atom. The van der Waals surface area contributed by atoms with E-state index in [4.69, 9.17) is 10.8 Å². The first-order valence-corrected chi connectivity index (χ1v) is 3.91. The van der Waals surface area contributed by atoms with Crippen molar-refractivity contribution in [2.45, 2.75) is 0 Å². The Hall–Kier alpha value is -1.89. The molecule has 0 bridgehead atoms. The van der Waals surface area contributed by atoms with Crippen LogP contribution in [-0.2, 0) is 0 Å². The number of nitrogen functional groups attached to an aromatic ring is 1. The molecule has 0 aliphatic rings.